The van der Waals surface area contributed by atoms with E-state index in [-0.39, 0.29) is 53.3 Å². The van der Waals surface area contributed by atoms with E-state index >= 15 is 0 Å². The van der Waals surface area contributed by atoms with Crippen LogP contribution in [-0.2, 0) is 32.7 Å². The number of allylic oxidation sites excluding steroid dienone is 6. The van der Waals surface area contributed by atoms with Crippen LogP contribution in [0.2, 0.25) is 0 Å². The molecule has 0 saturated carbocycles. The molecule has 4 nitrogen and oxygen atoms in total. The molecule has 7 heteroatoms. The molecule has 1 heterocycles. The van der Waals surface area contributed by atoms with E-state index in [2.05, 4.69) is 19.2 Å². The molecule has 1 radical (unpaired) electrons. The zero-order valence-corrected chi connectivity index (χ0v) is 20.5. The summed E-state index contributed by atoms with van der Waals surface area (Å²) < 4.78 is 14.8. The van der Waals surface area contributed by atoms with E-state index in [1.165, 1.54) is 6.21 Å². The maximum Gasteiger partial charge on any atom is 0.171 e. The van der Waals surface area contributed by atoms with Gasteiger partial charge in [-0.1, -0.05) is 75.5 Å². The predicted octanol–water partition coefficient (Wildman–Crippen LogP) is 7.62. The fraction of sp³-hybridized carbons (Fsp3) is 0.0833. The standard InChI is InChI=1S/C11H8NO.C11H11NO.2CH4.FI.Y/c1-8-6-9(7-12)13-11-5-3-2-4-10(8)11;1-9(5-4-8-12)10-6-2-3-7-11(10)13;;;1-2;/h2-5,7,12H,1H2;2-8,12-13H,1H2;2*1H4;;/q-1;;;;;/b;5-4+,12-8?;;;;. The van der Waals surface area contributed by atoms with Crippen molar-refractivity contribution >= 4 is 46.7 Å². The van der Waals surface area contributed by atoms with E-state index in [0.717, 1.165) is 23.1 Å². The van der Waals surface area contributed by atoms with Crippen LogP contribution in [0.4, 0.5) is 2.86 Å². The molecule has 0 spiro atoms. The topological polar surface area (TPSA) is 77.2 Å². The number of fused-ring (bicyclic) bond motifs is 1. The van der Waals surface area contributed by atoms with Crippen molar-refractivity contribution in [3.63, 3.8) is 0 Å². The third-order valence-corrected chi connectivity index (χ3v) is 3.48. The zero-order valence-electron chi connectivity index (χ0n) is 15.5. The number of ether oxygens (including phenoxy) is 1. The van der Waals surface area contributed by atoms with Crippen LogP contribution in [0.3, 0.4) is 0 Å². The average molecular weight is 610 g/mol. The van der Waals surface area contributed by atoms with E-state index in [9.17, 15) is 7.97 Å². The second kappa shape index (κ2) is 18.8. The van der Waals surface area contributed by atoms with Crippen LogP contribution in [0.5, 0.6) is 11.5 Å². The van der Waals surface area contributed by atoms with Gasteiger partial charge in [0.2, 0.25) is 0 Å². The smallest absolute Gasteiger partial charge is 0.171 e. The van der Waals surface area contributed by atoms with Crippen LogP contribution in [-0.4, -0.2) is 17.5 Å². The molecule has 2 aromatic carbocycles. The summed E-state index contributed by atoms with van der Waals surface area (Å²) in [6.07, 6.45) is 8.42. The van der Waals surface area contributed by atoms with E-state index in [0.29, 0.717) is 40.1 Å². The van der Waals surface area contributed by atoms with Gasteiger partial charge in [-0.3, -0.25) is 0 Å². The molecule has 163 valence electrons. The quantitative estimate of drug-likeness (QED) is 0.144. The molecule has 1 aliphatic rings. The molecule has 3 rings (SSSR count). The number of rotatable bonds is 4. The van der Waals surface area contributed by atoms with Gasteiger partial charge in [0, 0.05) is 44.5 Å². The first-order chi connectivity index (χ1) is 13.6. The molecule has 0 atom stereocenters. The summed E-state index contributed by atoms with van der Waals surface area (Å²) >= 11 is 0.650. The van der Waals surface area contributed by atoms with Gasteiger partial charge in [0.25, 0.3) is 0 Å². The number of para-hydroxylation sites is 2. The molecule has 0 bridgehead atoms. The predicted molar refractivity (Wildman–Crippen MR) is 135 cm³/mol. The second-order valence-electron chi connectivity index (χ2n) is 5.28. The number of halogens is 2. The maximum atomic E-state index is 9.47. The summed E-state index contributed by atoms with van der Waals surface area (Å²) in [5, 5.41) is 23.3. The van der Waals surface area contributed by atoms with E-state index < -0.39 is 0 Å². The number of hydrogen-bond acceptors (Lipinski definition) is 4. The van der Waals surface area contributed by atoms with Gasteiger partial charge in [-0.15, -0.1) is 5.57 Å². The first-order valence-corrected chi connectivity index (χ1v) is 8.77. The Bertz CT molecular complexity index is 921. The van der Waals surface area contributed by atoms with Gasteiger partial charge in [-0.25, -0.2) is 0 Å². The average Bonchev–Trinajstić information content (AvgIpc) is 2.74. The Labute approximate surface area is 224 Å². The monoisotopic (exact) mass is 610 g/mol. The fourth-order valence-electron chi connectivity index (χ4n) is 2.23. The van der Waals surface area contributed by atoms with Gasteiger partial charge in [0.15, 0.2) is 23.2 Å². The fourth-order valence-corrected chi connectivity index (χ4v) is 2.23. The van der Waals surface area contributed by atoms with Crippen LogP contribution in [0.25, 0.3) is 11.1 Å². The van der Waals surface area contributed by atoms with Crippen molar-refractivity contribution in [1.29, 1.82) is 10.8 Å². The molecular weight excluding hydrogens is 583 g/mol. The summed E-state index contributed by atoms with van der Waals surface area (Å²) in [7, 11) is 0. The van der Waals surface area contributed by atoms with Gasteiger partial charge in [0.05, 0.1) is 11.5 Å². The number of phenolic OH excluding ortho intramolecular Hbond substituents is 1. The third-order valence-electron chi connectivity index (χ3n) is 3.48. The van der Waals surface area contributed by atoms with Crippen LogP contribution < -0.4 is 4.74 Å². The molecule has 1 aliphatic heterocycles. The first kappa shape index (κ1) is 33.7. The zero-order chi connectivity index (χ0) is 20.9. The van der Waals surface area contributed by atoms with Crippen LogP contribution >= 0.6 is 23.2 Å². The summed E-state index contributed by atoms with van der Waals surface area (Å²) in [5.74, 6) is 1.36. The SMILES string of the molecule is C.C.C=C(/C=C/C=N)c1ccccc1O.C=C1[C-]=C(C=N)Oc2ccccc21.FI.[Y]. The minimum atomic E-state index is 0. The molecule has 0 amide bonds. The summed E-state index contributed by atoms with van der Waals surface area (Å²) in [6.45, 7) is 7.61. The summed E-state index contributed by atoms with van der Waals surface area (Å²) in [4.78, 5) is 0. The van der Waals surface area contributed by atoms with E-state index in [1.54, 1.807) is 30.4 Å². The Hall–Kier alpha value is -1.90. The van der Waals surface area contributed by atoms with Crippen molar-refractivity contribution in [3.05, 3.63) is 96.8 Å². The maximum absolute atomic E-state index is 9.47. The second-order valence-corrected chi connectivity index (χ2v) is 5.28. The van der Waals surface area contributed by atoms with Crippen molar-refractivity contribution in [2.24, 2.45) is 0 Å². The van der Waals surface area contributed by atoms with Crippen molar-refractivity contribution in [1.82, 2.24) is 0 Å². The van der Waals surface area contributed by atoms with Crippen molar-refractivity contribution in [2.75, 3.05) is 0 Å². The third kappa shape index (κ3) is 10.8. The van der Waals surface area contributed by atoms with Gasteiger partial charge < -0.3 is 20.7 Å². The molecule has 0 aromatic heterocycles. The Morgan fingerprint density at radius 1 is 1.06 bits per heavy atom. The Kier molecular flexibility index (Phi) is 20.5. The minimum Gasteiger partial charge on any atom is -0.507 e. The molecule has 3 N–H and O–H groups in total. The Balaban J connectivity index is -0.000000430. The van der Waals surface area contributed by atoms with Crippen LogP contribution in [0.1, 0.15) is 26.0 Å². The molecule has 0 fully saturated rings. The molecular formula is C24H27FIN2O2Y-. The Morgan fingerprint density at radius 3 is 2.23 bits per heavy atom. The van der Waals surface area contributed by atoms with E-state index in [1.807, 2.05) is 30.3 Å². The van der Waals surface area contributed by atoms with Crippen molar-refractivity contribution < 1.29 is 45.4 Å². The normalized spacial score (nSPS) is 10.4. The largest absolute Gasteiger partial charge is 0.507 e. The number of phenols is 1. The van der Waals surface area contributed by atoms with Gasteiger partial charge in [-0.05, 0) is 30.0 Å². The van der Waals surface area contributed by atoms with Crippen molar-refractivity contribution in [2.45, 2.75) is 14.9 Å². The van der Waals surface area contributed by atoms with Crippen LogP contribution in [0, 0.1) is 16.9 Å². The molecule has 0 saturated heterocycles. The van der Waals surface area contributed by atoms with Crippen molar-refractivity contribution in [3.8, 4) is 11.5 Å². The van der Waals surface area contributed by atoms with Crippen LogP contribution in [0.15, 0.2) is 79.6 Å². The number of hydrogen-bond donors (Lipinski definition) is 3. The first-order valence-electron chi connectivity index (χ1n) is 7.96. The van der Waals surface area contributed by atoms with E-state index in [4.69, 9.17) is 15.6 Å². The molecule has 31 heavy (non-hydrogen) atoms. The van der Waals surface area contributed by atoms with Gasteiger partial charge >= 0.3 is 0 Å². The van der Waals surface area contributed by atoms with Gasteiger partial charge in [0.1, 0.15) is 5.75 Å². The summed E-state index contributed by atoms with van der Waals surface area (Å²) in [5.41, 5.74) is 3.09. The minimum absolute atomic E-state index is 0. The number of aromatic hydroxyl groups is 1. The number of nitrogens with one attached hydrogen (secondary N) is 2. The molecule has 0 aliphatic carbocycles. The Morgan fingerprint density at radius 2 is 1.65 bits per heavy atom. The van der Waals surface area contributed by atoms with Gasteiger partial charge in [-0.2, -0.15) is 9.44 Å². The number of benzene rings is 2. The molecule has 0 unspecified atom stereocenters. The summed E-state index contributed by atoms with van der Waals surface area (Å²) in [6, 6.07) is 14.6. The molecule has 2 aromatic rings.